The van der Waals surface area contributed by atoms with Gasteiger partial charge in [0, 0.05) is 47.1 Å². The maximum atomic E-state index is 15.5. The van der Waals surface area contributed by atoms with Gasteiger partial charge >= 0.3 is 12.1 Å². The van der Waals surface area contributed by atoms with Crippen molar-refractivity contribution in [1.29, 1.82) is 0 Å². The maximum absolute atomic E-state index is 15.5. The highest BCUT2D eigenvalue weighted by Crippen LogP contribution is 2.51. The van der Waals surface area contributed by atoms with Gasteiger partial charge in [0.1, 0.15) is 23.2 Å². The van der Waals surface area contributed by atoms with Crippen LogP contribution in [0.2, 0.25) is 0 Å². The number of ketones is 2. The Hall–Kier alpha value is -6.62. The molecule has 0 saturated carbocycles. The number of rotatable bonds is 13. The summed E-state index contributed by atoms with van der Waals surface area (Å²) in [6.45, 7) is 10.2. The van der Waals surface area contributed by atoms with Gasteiger partial charge in [-0.1, -0.05) is 84.9 Å². The number of fused-ring (bicyclic) bond motifs is 4. The summed E-state index contributed by atoms with van der Waals surface area (Å²) < 4.78 is 75.3. The number of aromatic hydroxyl groups is 1. The molecule has 14 nitrogen and oxygen atoms in total. The largest absolute Gasteiger partial charge is 0.507 e. The highest BCUT2D eigenvalue weighted by atomic mass is 19.4. The quantitative estimate of drug-likeness (QED) is 0.0504. The molecule has 372 valence electrons. The van der Waals surface area contributed by atoms with Crippen LogP contribution in [0.25, 0.3) is 21.4 Å². The molecule has 0 unspecified atom stereocenters. The van der Waals surface area contributed by atoms with Crippen LogP contribution in [0.3, 0.4) is 0 Å². The Bertz CT molecular complexity index is 3010. The summed E-state index contributed by atoms with van der Waals surface area (Å²) in [7, 11) is 1.03. The van der Waals surface area contributed by atoms with Gasteiger partial charge in [0.25, 0.3) is 0 Å². The number of phenolic OH excluding ortho intramolecular Hbond substituents is 1. The number of halogens is 3. The first kappa shape index (κ1) is 50.8. The molecule has 0 spiro atoms. The average molecular weight is 977 g/mol. The maximum Gasteiger partial charge on any atom is 0.471 e. The lowest BCUT2D eigenvalue weighted by Crippen LogP contribution is -2.64. The molecule has 8 rings (SSSR count). The normalized spacial score (nSPS) is 24.8. The topological polar surface area (TPSA) is 191 Å². The molecule has 3 heterocycles. The second kappa shape index (κ2) is 20.2. The lowest BCUT2D eigenvalue weighted by atomic mass is 9.74. The molecular weight excluding hydrogens is 922 g/mol. The van der Waals surface area contributed by atoms with Crippen LogP contribution in [0.4, 0.5) is 13.2 Å². The van der Waals surface area contributed by atoms with E-state index in [9.17, 15) is 33.4 Å². The molecule has 2 saturated heterocycles. The van der Waals surface area contributed by atoms with Crippen LogP contribution in [0.5, 0.6) is 5.75 Å². The Morgan fingerprint density at radius 1 is 0.930 bits per heavy atom. The number of nitrogens with zero attached hydrogens (tertiary/aromatic N) is 4. The number of allylic oxidation sites excluding steroid dienone is 2. The van der Waals surface area contributed by atoms with E-state index in [-0.39, 0.29) is 70.1 Å². The van der Waals surface area contributed by atoms with E-state index in [4.69, 9.17) is 23.4 Å². The smallest absolute Gasteiger partial charge is 0.471 e. The van der Waals surface area contributed by atoms with Gasteiger partial charge in [-0.2, -0.15) is 13.2 Å². The molecule has 0 radical (unpaired) electrons. The van der Waals surface area contributed by atoms with E-state index in [1.54, 1.807) is 51.1 Å². The molecule has 5 aromatic rings. The van der Waals surface area contributed by atoms with Gasteiger partial charge in [0.2, 0.25) is 5.78 Å². The standard InChI is InChI=1S/C54H55F3N4O10/c1-8-9-16-28(2)39-24-38(62)42-29(3)21-36-44(50(42)71-39)48(65)45-43(47(36)64)34(40-23-37(59-60-58)49(30(4)69-40)67-26-32-17-12-10-13-18-32)22-35(46(45)63)41-25-53(6,61(7)52(66)54(55,56)57)51(31(5)70-41)68-27-33-19-14-11-15-20-33/h8-15,17-22,24,28,30-31,37,40-41,49,51,63H,16,23,25-27H2,1-7H3/b9-8-/t28-,30-,31+,37+,40-,41+,49-,51-,53+/m1/s1. The zero-order valence-electron chi connectivity index (χ0n) is 40.4. The van der Waals surface area contributed by atoms with Crippen molar-refractivity contribution < 1.29 is 56.0 Å². The molecule has 0 bridgehead atoms. The van der Waals surface area contributed by atoms with Crippen LogP contribution in [0, 0.1) is 6.92 Å². The Morgan fingerprint density at radius 3 is 2.18 bits per heavy atom. The van der Waals surface area contributed by atoms with Crippen molar-refractivity contribution in [3.63, 3.8) is 0 Å². The van der Waals surface area contributed by atoms with Gasteiger partial charge in [-0.25, -0.2) is 0 Å². The summed E-state index contributed by atoms with van der Waals surface area (Å²) in [6, 6.07) is 21.6. The Kier molecular flexibility index (Phi) is 14.5. The number of likely N-dealkylation sites (N-methyl/N-ethyl adjacent to an activating group) is 1. The van der Waals surface area contributed by atoms with Crippen LogP contribution < -0.4 is 5.43 Å². The number of ether oxygens (including phenoxy) is 4. The summed E-state index contributed by atoms with van der Waals surface area (Å²) in [6.07, 6.45) is -7.71. The summed E-state index contributed by atoms with van der Waals surface area (Å²) in [5.74, 6) is -4.49. The van der Waals surface area contributed by atoms with Crippen molar-refractivity contribution in [2.45, 2.75) is 134 Å². The second-order valence-electron chi connectivity index (χ2n) is 18.9. The SMILES string of the molecule is C/C=C\C[C@@H](C)c1cc(=O)c2c(C)cc3c(c2o1)C(=O)c1c(O)c([C@@H]2C[C@](C)(N(C)C(=O)C(F)(F)F)[C@H](OCc4ccccc4)[C@H](C)O2)cc([C@H]2C[C@H](N=[N+]=[N-])[C@H](OCc4ccccc4)[C@@H](C)O2)c1C3=O. The van der Waals surface area contributed by atoms with Crippen molar-refractivity contribution in [3.05, 3.63) is 168 Å². The van der Waals surface area contributed by atoms with E-state index in [0.29, 0.717) is 22.4 Å². The van der Waals surface area contributed by atoms with E-state index in [2.05, 4.69) is 10.0 Å². The number of carbonyl (C=O) groups excluding carboxylic acids is 3. The van der Waals surface area contributed by atoms with E-state index in [1.165, 1.54) is 25.1 Å². The number of alkyl halides is 3. The molecule has 71 heavy (non-hydrogen) atoms. The number of amides is 1. The molecule has 1 aromatic heterocycles. The highest BCUT2D eigenvalue weighted by molar-refractivity contribution is 6.33. The summed E-state index contributed by atoms with van der Waals surface area (Å²) in [4.78, 5) is 61.5. The fourth-order valence-electron chi connectivity index (χ4n) is 10.4. The van der Waals surface area contributed by atoms with E-state index >= 15 is 9.59 Å². The van der Waals surface area contributed by atoms with Gasteiger partial charge in [-0.05, 0) is 87.4 Å². The van der Waals surface area contributed by atoms with Crippen LogP contribution >= 0.6 is 0 Å². The number of phenols is 1. The minimum atomic E-state index is -5.28. The van der Waals surface area contributed by atoms with Crippen molar-refractivity contribution in [2.75, 3.05) is 7.05 Å². The molecule has 9 atom stereocenters. The van der Waals surface area contributed by atoms with Crippen LogP contribution in [0.1, 0.15) is 137 Å². The van der Waals surface area contributed by atoms with Crippen molar-refractivity contribution >= 4 is 28.4 Å². The fourth-order valence-corrected chi connectivity index (χ4v) is 10.4. The minimum Gasteiger partial charge on any atom is -0.507 e. The molecule has 4 aromatic carbocycles. The summed E-state index contributed by atoms with van der Waals surface area (Å²) in [5.41, 5.74) is 8.31. The molecule has 3 aliphatic rings. The number of aryl methyl sites for hydroxylation is 1. The third-order valence-electron chi connectivity index (χ3n) is 14.2. The Balaban J connectivity index is 1.30. The third-order valence-corrected chi connectivity index (χ3v) is 14.2. The van der Waals surface area contributed by atoms with Crippen LogP contribution in [0.15, 0.2) is 105 Å². The monoisotopic (exact) mass is 976 g/mol. The first-order valence-electron chi connectivity index (χ1n) is 23.5. The number of carbonyl (C=O) groups is 3. The number of hydrogen-bond acceptors (Lipinski definition) is 11. The zero-order valence-corrected chi connectivity index (χ0v) is 40.4. The summed E-state index contributed by atoms with van der Waals surface area (Å²) in [5, 5.41) is 16.8. The number of azide groups is 1. The van der Waals surface area contributed by atoms with Gasteiger partial charge in [0.05, 0.1) is 71.8 Å². The minimum absolute atomic E-state index is 0.0449. The lowest BCUT2D eigenvalue weighted by Gasteiger charge is -2.52. The average Bonchev–Trinajstić information content (AvgIpc) is 3.33. The summed E-state index contributed by atoms with van der Waals surface area (Å²) >= 11 is 0. The third kappa shape index (κ3) is 9.64. The number of hydrogen-bond donors (Lipinski definition) is 1. The lowest BCUT2D eigenvalue weighted by molar-refractivity contribution is -0.222. The van der Waals surface area contributed by atoms with Gasteiger partial charge in [-0.15, -0.1) is 0 Å². The van der Waals surface area contributed by atoms with E-state index in [1.807, 2.05) is 56.3 Å². The second-order valence-corrected chi connectivity index (χ2v) is 18.9. The molecule has 17 heteroatoms. The van der Waals surface area contributed by atoms with E-state index in [0.717, 1.165) is 12.6 Å². The van der Waals surface area contributed by atoms with Gasteiger partial charge < -0.3 is 33.4 Å². The molecule has 1 aliphatic carbocycles. The predicted molar refractivity (Wildman–Crippen MR) is 256 cm³/mol. The van der Waals surface area contributed by atoms with Crippen molar-refractivity contribution in [2.24, 2.45) is 5.11 Å². The van der Waals surface area contributed by atoms with Crippen LogP contribution in [-0.2, 0) is 37.0 Å². The zero-order chi connectivity index (χ0) is 51.1. The molecule has 2 fully saturated rings. The molecular formula is C54H55F3N4O10. The highest BCUT2D eigenvalue weighted by Gasteiger charge is 2.56. The Morgan fingerprint density at radius 2 is 1.56 bits per heavy atom. The Labute approximate surface area is 408 Å². The first-order chi connectivity index (χ1) is 33.8. The van der Waals surface area contributed by atoms with Crippen molar-refractivity contribution in [3.8, 4) is 5.75 Å². The van der Waals surface area contributed by atoms with Gasteiger partial charge in [0.15, 0.2) is 11.2 Å². The van der Waals surface area contributed by atoms with E-state index < -0.39 is 95.0 Å². The molecule has 1 amide bonds. The molecule has 1 N–H and O–H groups in total. The molecule has 2 aliphatic heterocycles. The predicted octanol–water partition coefficient (Wildman–Crippen LogP) is 11.0. The fraction of sp³-hybridized carbons (Fsp3) is 0.407. The number of benzene rings is 4. The van der Waals surface area contributed by atoms with Crippen LogP contribution in [-0.4, -0.2) is 76.7 Å². The van der Waals surface area contributed by atoms with Crippen molar-refractivity contribution in [1.82, 2.24) is 4.90 Å². The first-order valence-corrected chi connectivity index (χ1v) is 23.5. The van der Waals surface area contributed by atoms with Gasteiger partial charge in [-0.3, -0.25) is 19.2 Å².